The van der Waals surface area contributed by atoms with Gasteiger partial charge in [-0.1, -0.05) is 32.7 Å². The van der Waals surface area contributed by atoms with Crippen molar-refractivity contribution in [3.63, 3.8) is 0 Å². The summed E-state index contributed by atoms with van der Waals surface area (Å²) in [6.45, 7) is 6.11. The van der Waals surface area contributed by atoms with Crippen LogP contribution in [0, 0.1) is 10.8 Å². The van der Waals surface area contributed by atoms with Crippen molar-refractivity contribution in [2.24, 2.45) is 10.8 Å². The van der Waals surface area contributed by atoms with Gasteiger partial charge in [-0.2, -0.15) is 9.78 Å². The molecule has 0 aromatic carbocycles. The average Bonchev–Trinajstić information content (AvgIpc) is 2.68. The summed E-state index contributed by atoms with van der Waals surface area (Å²) in [6.07, 6.45) is -2.78. The van der Waals surface area contributed by atoms with Crippen LogP contribution in [0.15, 0.2) is 0 Å². The monoisotopic (exact) mass is 290 g/mol. The molecule has 0 amide bonds. The number of rotatable bonds is 2. The van der Waals surface area contributed by atoms with Gasteiger partial charge in [0, 0.05) is 5.41 Å². The maximum Gasteiger partial charge on any atom is 0.343 e. The molecule has 3 fully saturated rings. The Morgan fingerprint density at radius 1 is 1.05 bits per heavy atom. The molecule has 1 aliphatic heterocycles. The number of carbonyl (C=O) groups is 1. The first-order chi connectivity index (χ1) is 8.97. The van der Waals surface area contributed by atoms with Gasteiger partial charge in [0.1, 0.15) is 11.7 Å². The largest absolute Gasteiger partial charge is 0.479 e. The van der Waals surface area contributed by atoms with Crippen molar-refractivity contribution in [2.45, 2.75) is 56.7 Å². The number of hydrogen-bond acceptors (Lipinski definition) is 7. The molecule has 0 bridgehead atoms. The summed E-state index contributed by atoms with van der Waals surface area (Å²) in [6, 6.07) is 0. The van der Waals surface area contributed by atoms with Crippen LogP contribution in [-0.4, -0.2) is 55.4 Å². The Balaban J connectivity index is 2.18. The molecule has 0 aromatic rings. The molecule has 3 rings (SSSR count). The number of hydrogen-bond donors (Lipinski definition) is 4. The third-order valence-corrected chi connectivity index (χ3v) is 5.80. The van der Waals surface area contributed by atoms with E-state index in [0.29, 0.717) is 0 Å². The molecule has 3 aliphatic rings. The standard InChI is InChI=1S/C12H18O8/c1-8(2)5(13)6(14)10(8,17)12-9(3,4)11(12,7(15)16)18-20-19-12/h5-6,13-14,17H,1-4H3,(H,15,16)/t5?,6-,10-,11-,12-/m0/s1. The molecule has 0 aromatic heterocycles. The van der Waals surface area contributed by atoms with Crippen LogP contribution in [0.4, 0.5) is 0 Å². The summed E-state index contributed by atoms with van der Waals surface area (Å²) in [5, 5.41) is 44.8. The summed E-state index contributed by atoms with van der Waals surface area (Å²) in [5.74, 6) is -1.36. The van der Waals surface area contributed by atoms with Crippen molar-refractivity contribution in [1.82, 2.24) is 0 Å². The third kappa shape index (κ3) is 0.870. The highest BCUT2D eigenvalue weighted by atomic mass is 17.5. The predicted octanol–water partition coefficient (Wildman–Crippen LogP) is -1.03. The molecule has 5 atom stereocenters. The van der Waals surface area contributed by atoms with Crippen LogP contribution in [0.1, 0.15) is 27.7 Å². The van der Waals surface area contributed by atoms with Crippen molar-refractivity contribution in [3.8, 4) is 0 Å². The Morgan fingerprint density at radius 3 is 2.00 bits per heavy atom. The van der Waals surface area contributed by atoms with Crippen LogP contribution in [-0.2, 0) is 19.6 Å². The normalized spacial score (nSPS) is 55.0. The van der Waals surface area contributed by atoms with Crippen molar-refractivity contribution in [3.05, 3.63) is 0 Å². The summed E-state index contributed by atoms with van der Waals surface area (Å²) in [5.41, 5.74) is -8.12. The molecule has 1 heterocycles. The Bertz CT molecular complexity index is 502. The number of aliphatic carboxylic acids is 1. The number of aliphatic hydroxyl groups excluding tert-OH is 2. The summed E-state index contributed by atoms with van der Waals surface area (Å²) in [7, 11) is 0. The number of carboxylic acids is 1. The van der Waals surface area contributed by atoms with Gasteiger partial charge < -0.3 is 20.4 Å². The van der Waals surface area contributed by atoms with E-state index in [4.69, 9.17) is 9.78 Å². The molecule has 1 unspecified atom stereocenters. The maximum atomic E-state index is 11.6. The Hall–Kier alpha value is -0.770. The fraction of sp³-hybridized carbons (Fsp3) is 0.917. The van der Waals surface area contributed by atoms with E-state index in [9.17, 15) is 25.2 Å². The van der Waals surface area contributed by atoms with Crippen LogP contribution in [0.25, 0.3) is 0 Å². The van der Waals surface area contributed by atoms with Crippen molar-refractivity contribution in [1.29, 1.82) is 0 Å². The summed E-state index contributed by atoms with van der Waals surface area (Å²) in [4.78, 5) is 21.5. The second-order valence-electron chi connectivity index (χ2n) is 6.90. The van der Waals surface area contributed by atoms with Crippen molar-refractivity contribution in [2.75, 3.05) is 0 Å². The average molecular weight is 290 g/mol. The molecule has 2 saturated carbocycles. The molecule has 8 nitrogen and oxygen atoms in total. The van der Waals surface area contributed by atoms with Gasteiger partial charge in [-0.3, -0.25) is 0 Å². The van der Waals surface area contributed by atoms with E-state index in [-0.39, 0.29) is 0 Å². The lowest BCUT2D eigenvalue weighted by molar-refractivity contribution is -0.519. The molecule has 0 radical (unpaired) electrons. The molecule has 20 heavy (non-hydrogen) atoms. The molecule has 2 aliphatic carbocycles. The van der Waals surface area contributed by atoms with E-state index < -0.39 is 45.8 Å². The lowest BCUT2D eigenvalue weighted by atomic mass is 9.50. The quantitative estimate of drug-likeness (QED) is 0.476. The van der Waals surface area contributed by atoms with Gasteiger partial charge in [-0.25, -0.2) is 4.79 Å². The second-order valence-corrected chi connectivity index (χ2v) is 6.90. The molecular formula is C12H18O8. The highest BCUT2D eigenvalue weighted by molar-refractivity contribution is 5.88. The van der Waals surface area contributed by atoms with Gasteiger partial charge in [-0.15, -0.1) is 0 Å². The van der Waals surface area contributed by atoms with Crippen LogP contribution in [0.5, 0.6) is 0 Å². The number of fused-ring (bicyclic) bond motifs is 1. The first-order valence-electron chi connectivity index (χ1n) is 6.32. The zero-order valence-corrected chi connectivity index (χ0v) is 11.6. The minimum Gasteiger partial charge on any atom is -0.479 e. The molecule has 114 valence electrons. The van der Waals surface area contributed by atoms with Crippen LogP contribution in [0.3, 0.4) is 0 Å². The zero-order chi connectivity index (χ0) is 15.4. The number of carboxylic acid groups (broad SMARTS) is 1. The Morgan fingerprint density at radius 2 is 1.60 bits per heavy atom. The molecule has 0 spiro atoms. The molecular weight excluding hydrogens is 272 g/mol. The van der Waals surface area contributed by atoms with Crippen LogP contribution in [0.2, 0.25) is 0 Å². The highest BCUT2D eigenvalue weighted by Crippen LogP contribution is 2.81. The van der Waals surface area contributed by atoms with Crippen molar-refractivity contribution < 1.29 is 40.0 Å². The lowest BCUT2D eigenvalue weighted by Gasteiger charge is -2.62. The van der Waals surface area contributed by atoms with E-state index in [2.05, 4.69) is 5.04 Å². The zero-order valence-electron chi connectivity index (χ0n) is 11.6. The molecule has 1 saturated heterocycles. The maximum absolute atomic E-state index is 11.6. The van der Waals surface area contributed by atoms with Crippen LogP contribution < -0.4 is 0 Å². The van der Waals surface area contributed by atoms with Gasteiger partial charge in [0.2, 0.25) is 5.60 Å². The topological polar surface area (TPSA) is 126 Å². The minimum atomic E-state index is -2.03. The van der Waals surface area contributed by atoms with E-state index in [1.54, 1.807) is 0 Å². The van der Waals surface area contributed by atoms with Gasteiger partial charge >= 0.3 is 5.97 Å². The van der Waals surface area contributed by atoms with Gasteiger partial charge in [0.05, 0.1) is 11.5 Å². The summed E-state index contributed by atoms with van der Waals surface area (Å²) < 4.78 is 0. The smallest absolute Gasteiger partial charge is 0.343 e. The van der Waals surface area contributed by atoms with E-state index in [0.717, 1.165) is 0 Å². The van der Waals surface area contributed by atoms with Crippen molar-refractivity contribution >= 4 is 5.97 Å². The van der Waals surface area contributed by atoms with Crippen LogP contribution >= 0.6 is 0 Å². The molecule has 4 N–H and O–H groups in total. The lowest BCUT2D eigenvalue weighted by Crippen LogP contribution is -2.82. The SMILES string of the molecule is CC1(C)[C@@]2([C@]3(O)[C@@H](O)C(O)C3(C)C)OOO[C@@]12C(=O)O. The Labute approximate surface area is 114 Å². The first kappa shape index (κ1) is 14.2. The fourth-order valence-electron chi connectivity index (χ4n) is 4.30. The fourth-order valence-corrected chi connectivity index (χ4v) is 4.30. The Kier molecular flexibility index (Phi) is 2.26. The molecule has 8 heteroatoms. The first-order valence-corrected chi connectivity index (χ1v) is 6.32. The van der Waals surface area contributed by atoms with E-state index in [1.165, 1.54) is 27.7 Å². The van der Waals surface area contributed by atoms with Gasteiger partial charge in [0.25, 0.3) is 0 Å². The van der Waals surface area contributed by atoms with Gasteiger partial charge in [-0.05, 0) is 0 Å². The van der Waals surface area contributed by atoms with Gasteiger partial charge in [0.15, 0.2) is 5.60 Å². The third-order valence-electron chi connectivity index (χ3n) is 5.80. The second kappa shape index (κ2) is 3.18. The predicted molar refractivity (Wildman–Crippen MR) is 60.9 cm³/mol. The summed E-state index contributed by atoms with van der Waals surface area (Å²) >= 11 is 0. The van der Waals surface area contributed by atoms with E-state index >= 15 is 0 Å². The highest BCUT2D eigenvalue weighted by Gasteiger charge is 3.04. The minimum absolute atomic E-state index is 1.16. The van der Waals surface area contributed by atoms with E-state index in [1.807, 2.05) is 0 Å². The number of aliphatic hydroxyl groups is 3.